The molecule has 1 aliphatic rings. The Kier molecular flexibility index (Phi) is 4.54. The second-order valence-corrected chi connectivity index (χ2v) is 4.62. The predicted molar refractivity (Wildman–Crippen MR) is 59.4 cm³/mol. The molecule has 1 amide bonds. The van der Waals surface area contributed by atoms with E-state index in [1.54, 1.807) is 0 Å². The molecule has 1 fully saturated rings. The van der Waals surface area contributed by atoms with E-state index in [2.05, 4.69) is 5.32 Å². The first kappa shape index (κ1) is 12.5. The van der Waals surface area contributed by atoms with E-state index >= 15 is 0 Å². The van der Waals surface area contributed by atoms with Crippen LogP contribution in [0.15, 0.2) is 0 Å². The smallest absolute Gasteiger partial charge is 0.237 e. The number of hydrogen-bond acceptors (Lipinski definition) is 3. The lowest BCUT2D eigenvalue weighted by Crippen LogP contribution is -2.50. The van der Waals surface area contributed by atoms with Gasteiger partial charge in [0.1, 0.15) is 0 Å². The molecule has 0 radical (unpaired) electrons. The molecule has 2 unspecified atom stereocenters. The number of nitrogens with one attached hydrogen (secondary N) is 1. The molecular weight excluding hydrogens is 192 g/mol. The highest BCUT2D eigenvalue weighted by Gasteiger charge is 2.26. The van der Waals surface area contributed by atoms with Crippen molar-refractivity contribution >= 4 is 5.91 Å². The summed E-state index contributed by atoms with van der Waals surface area (Å²) in [5, 5.41) is 2.91. The molecule has 3 N–H and O–H groups in total. The van der Waals surface area contributed by atoms with E-state index < -0.39 is 6.04 Å². The van der Waals surface area contributed by atoms with Crippen molar-refractivity contribution in [3.05, 3.63) is 0 Å². The maximum atomic E-state index is 11.7. The Hall–Kier alpha value is -0.610. The molecule has 88 valence electrons. The summed E-state index contributed by atoms with van der Waals surface area (Å²) in [6.07, 6.45) is 2.27. The first-order valence-corrected chi connectivity index (χ1v) is 5.70. The van der Waals surface area contributed by atoms with Crippen molar-refractivity contribution in [2.75, 3.05) is 6.61 Å². The second-order valence-electron chi connectivity index (χ2n) is 4.62. The number of rotatable bonds is 4. The number of amides is 1. The van der Waals surface area contributed by atoms with Gasteiger partial charge in [0.25, 0.3) is 0 Å². The molecule has 1 heterocycles. The summed E-state index contributed by atoms with van der Waals surface area (Å²) in [5.41, 5.74) is 5.75. The average molecular weight is 214 g/mol. The van der Waals surface area contributed by atoms with E-state index in [0.717, 1.165) is 19.4 Å². The van der Waals surface area contributed by atoms with Crippen molar-refractivity contribution < 1.29 is 9.53 Å². The molecule has 0 spiro atoms. The molecule has 3 atom stereocenters. The maximum absolute atomic E-state index is 11.7. The number of carbonyl (C=O) groups excluding carboxylic acids is 1. The summed E-state index contributed by atoms with van der Waals surface area (Å²) < 4.78 is 5.50. The zero-order valence-corrected chi connectivity index (χ0v) is 9.82. The van der Waals surface area contributed by atoms with Crippen LogP contribution < -0.4 is 11.1 Å². The fraction of sp³-hybridized carbons (Fsp3) is 0.909. The van der Waals surface area contributed by atoms with Gasteiger partial charge < -0.3 is 15.8 Å². The Labute approximate surface area is 91.5 Å². The molecule has 15 heavy (non-hydrogen) atoms. The van der Waals surface area contributed by atoms with Gasteiger partial charge in [0, 0.05) is 6.61 Å². The van der Waals surface area contributed by atoms with Crippen LogP contribution in [0.2, 0.25) is 0 Å². The third-order valence-corrected chi connectivity index (χ3v) is 2.91. The lowest BCUT2D eigenvalue weighted by atomic mass is 10.0. The molecule has 4 heteroatoms. The molecule has 0 aromatic rings. The predicted octanol–water partition coefficient (Wildman–Crippen LogP) is 0.653. The van der Waals surface area contributed by atoms with Crippen LogP contribution in [0.5, 0.6) is 0 Å². The van der Waals surface area contributed by atoms with Crippen LogP contribution in [-0.2, 0) is 9.53 Å². The van der Waals surface area contributed by atoms with Crippen LogP contribution in [0.25, 0.3) is 0 Å². The molecule has 1 aliphatic heterocycles. The van der Waals surface area contributed by atoms with Crippen molar-refractivity contribution in [1.29, 1.82) is 0 Å². The van der Waals surface area contributed by atoms with Gasteiger partial charge in [0.05, 0.1) is 18.2 Å². The fourth-order valence-electron chi connectivity index (χ4n) is 1.71. The van der Waals surface area contributed by atoms with Gasteiger partial charge in [-0.15, -0.1) is 0 Å². The van der Waals surface area contributed by atoms with E-state index in [1.165, 1.54) is 0 Å². The van der Waals surface area contributed by atoms with Crippen LogP contribution in [0.4, 0.5) is 0 Å². The topological polar surface area (TPSA) is 64.4 Å². The van der Waals surface area contributed by atoms with Gasteiger partial charge in [-0.1, -0.05) is 13.8 Å². The van der Waals surface area contributed by atoms with Gasteiger partial charge in [-0.2, -0.15) is 0 Å². The Morgan fingerprint density at radius 1 is 1.47 bits per heavy atom. The first-order valence-electron chi connectivity index (χ1n) is 5.70. The molecule has 0 saturated carbocycles. The monoisotopic (exact) mass is 214 g/mol. The van der Waals surface area contributed by atoms with Gasteiger partial charge in [-0.05, 0) is 25.7 Å². The Balaban J connectivity index is 2.36. The molecule has 0 aliphatic carbocycles. The molecule has 1 rings (SSSR count). The van der Waals surface area contributed by atoms with Crippen LogP contribution in [-0.4, -0.2) is 30.7 Å². The Bertz CT molecular complexity index is 213. The van der Waals surface area contributed by atoms with Gasteiger partial charge in [-0.3, -0.25) is 4.79 Å². The minimum atomic E-state index is -0.422. The van der Waals surface area contributed by atoms with Crippen molar-refractivity contribution in [2.24, 2.45) is 11.7 Å². The number of nitrogens with two attached hydrogens (primary N) is 1. The van der Waals surface area contributed by atoms with E-state index in [0.29, 0.717) is 0 Å². The fourth-order valence-corrected chi connectivity index (χ4v) is 1.71. The van der Waals surface area contributed by atoms with E-state index in [9.17, 15) is 4.79 Å². The van der Waals surface area contributed by atoms with Crippen LogP contribution in [0, 0.1) is 5.92 Å². The summed E-state index contributed by atoms with van der Waals surface area (Å²) in [6, 6.07) is -0.362. The summed E-state index contributed by atoms with van der Waals surface area (Å²) in [7, 11) is 0. The third-order valence-electron chi connectivity index (χ3n) is 2.91. The van der Waals surface area contributed by atoms with Crippen molar-refractivity contribution in [2.45, 2.75) is 51.8 Å². The molecule has 4 nitrogen and oxygen atoms in total. The van der Waals surface area contributed by atoms with Gasteiger partial charge in [0.2, 0.25) is 5.91 Å². The minimum absolute atomic E-state index is 0.0600. The van der Waals surface area contributed by atoms with Gasteiger partial charge in [0.15, 0.2) is 0 Å². The summed E-state index contributed by atoms with van der Waals surface area (Å²) in [5.74, 6) is 0.0923. The number of ether oxygens (including phenoxy) is 1. The molecule has 1 saturated heterocycles. The SMILES string of the molecule is CC(NC(=O)[C@@H](N)C(C)C)C1CCCO1. The first-order chi connectivity index (χ1) is 7.02. The molecule has 0 aromatic heterocycles. The van der Waals surface area contributed by atoms with Gasteiger partial charge >= 0.3 is 0 Å². The van der Waals surface area contributed by atoms with E-state index in [4.69, 9.17) is 10.5 Å². The van der Waals surface area contributed by atoms with Crippen molar-refractivity contribution in [3.63, 3.8) is 0 Å². The van der Waals surface area contributed by atoms with Crippen molar-refractivity contribution in [3.8, 4) is 0 Å². The second kappa shape index (κ2) is 5.47. The summed E-state index contributed by atoms with van der Waals surface area (Å²) in [4.78, 5) is 11.7. The third kappa shape index (κ3) is 3.47. The molecular formula is C11H22N2O2. The summed E-state index contributed by atoms with van der Waals surface area (Å²) in [6.45, 7) is 6.67. The van der Waals surface area contributed by atoms with Crippen LogP contribution in [0.3, 0.4) is 0 Å². The van der Waals surface area contributed by atoms with Gasteiger partial charge in [-0.25, -0.2) is 0 Å². The Morgan fingerprint density at radius 3 is 2.60 bits per heavy atom. The highest BCUT2D eigenvalue weighted by atomic mass is 16.5. The maximum Gasteiger partial charge on any atom is 0.237 e. The quantitative estimate of drug-likeness (QED) is 0.722. The Morgan fingerprint density at radius 2 is 2.13 bits per heavy atom. The minimum Gasteiger partial charge on any atom is -0.376 e. The van der Waals surface area contributed by atoms with Crippen LogP contribution >= 0.6 is 0 Å². The number of hydrogen-bond donors (Lipinski definition) is 2. The van der Waals surface area contributed by atoms with Crippen LogP contribution in [0.1, 0.15) is 33.6 Å². The molecule has 0 aromatic carbocycles. The highest BCUT2D eigenvalue weighted by Crippen LogP contribution is 2.15. The summed E-state index contributed by atoms with van der Waals surface area (Å²) >= 11 is 0. The normalized spacial score (nSPS) is 25.3. The van der Waals surface area contributed by atoms with E-state index in [-0.39, 0.29) is 24.0 Å². The standard InChI is InChI=1S/C11H22N2O2/c1-7(2)10(12)11(14)13-8(3)9-5-4-6-15-9/h7-10H,4-6,12H2,1-3H3,(H,13,14)/t8?,9?,10-/m0/s1. The highest BCUT2D eigenvalue weighted by molar-refractivity contribution is 5.82. The average Bonchev–Trinajstić information content (AvgIpc) is 2.68. The lowest BCUT2D eigenvalue weighted by Gasteiger charge is -2.23. The van der Waals surface area contributed by atoms with Crippen molar-refractivity contribution in [1.82, 2.24) is 5.32 Å². The zero-order chi connectivity index (χ0) is 11.4. The molecule has 0 bridgehead atoms. The zero-order valence-electron chi connectivity index (χ0n) is 9.82. The van der Waals surface area contributed by atoms with E-state index in [1.807, 2.05) is 20.8 Å². The number of carbonyl (C=O) groups is 1. The largest absolute Gasteiger partial charge is 0.376 e. The lowest BCUT2D eigenvalue weighted by molar-refractivity contribution is -0.124.